The van der Waals surface area contributed by atoms with Gasteiger partial charge in [0.25, 0.3) is 5.91 Å². The minimum atomic E-state index is -0.0169. The van der Waals surface area contributed by atoms with Crippen LogP contribution in [0, 0.1) is 0 Å². The summed E-state index contributed by atoms with van der Waals surface area (Å²) >= 11 is 0. The molecule has 0 atom stereocenters. The number of aromatic nitrogens is 2. The van der Waals surface area contributed by atoms with Gasteiger partial charge in [0.05, 0.1) is 17.0 Å². The van der Waals surface area contributed by atoms with Crippen LogP contribution in [0.2, 0.25) is 0 Å². The van der Waals surface area contributed by atoms with Gasteiger partial charge in [-0.05, 0) is 30.7 Å². The molecule has 0 radical (unpaired) electrons. The summed E-state index contributed by atoms with van der Waals surface area (Å²) in [7, 11) is 1.54. The quantitative estimate of drug-likeness (QED) is 0.553. The third-order valence-corrected chi connectivity index (χ3v) is 4.70. The average molecular weight is 360 g/mol. The third-order valence-electron chi connectivity index (χ3n) is 4.70. The Kier molecular flexibility index (Phi) is 4.46. The summed E-state index contributed by atoms with van der Waals surface area (Å²) in [4.78, 5) is 24.7. The highest BCUT2D eigenvalue weighted by atomic mass is 16.6. The molecule has 0 saturated carbocycles. The van der Waals surface area contributed by atoms with Crippen LogP contribution in [0.25, 0.3) is 22.5 Å². The number of benzene rings is 1. The van der Waals surface area contributed by atoms with Crippen LogP contribution in [-0.2, 0) is 11.3 Å². The molecular weight excluding hydrogens is 340 g/mol. The van der Waals surface area contributed by atoms with E-state index in [4.69, 9.17) is 4.84 Å². The van der Waals surface area contributed by atoms with Crippen molar-refractivity contribution in [3.63, 3.8) is 0 Å². The predicted octanol–water partition coefficient (Wildman–Crippen LogP) is 3.40. The molecule has 1 aliphatic heterocycles. The number of aromatic amines is 1. The van der Waals surface area contributed by atoms with Gasteiger partial charge in [-0.2, -0.15) is 0 Å². The number of pyridine rings is 1. The van der Waals surface area contributed by atoms with Crippen LogP contribution in [0.5, 0.6) is 0 Å². The number of hydrogen-bond donors (Lipinski definition) is 2. The molecule has 4 rings (SSSR count). The fraction of sp³-hybridized carbons (Fsp3) is 0.190. The first kappa shape index (κ1) is 17.0. The molecule has 136 valence electrons. The van der Waals surface area contributed by atoms with Crippen molar-refractivity contribution in [1.29, 1.82) is 0 Å². The van der Waals surface area contributed by atoms with E-state index in [9.17, 15) is 4.79 Å². The summed E-state index contributed by atoms with van der Waals surface area (Å²) in [6.07, 6.45) is 2.61. The van der Waals surface area contributed by atoms with E-state index in [0.29, 0.717) is 6.54 Å². The van der Waals surface area contributed by atoms with E-state index in [1.165, 1.54) is 7.11 Å². The van der Waals surface area contributed by atoms with E-state index in [2.05, 4.69) is 20.4 Å². The van der Waals surface area contributed by atoms with Crippen molar-refractivity contribution in [1.82, 2.24) is 15.3 Å². The predicted molar refractivity (Wildman–Crippen MR) is 105 cm³/mol. The maximum Gasteiger partial charge on any atom is 0.253 e. The van der Waals surface area contributed by atoms with E-state index in [1.54, 1.807) is 6.20 Å². The van der Waals surface area contributed by atoms with Crippen LogP contribution in [0.4, 0.5) is 0 Å². The molecule has 27 heavy (non-hydrogen) atoms. The number of carbonyl (C=O) groups excluding carboxylic acids is 1. The summed E-state index contributed by atoms with van der Waals surface area (Å²) in [5, 5.41) is 6.83. The fourth-order valence-corrected chi connectivity index (χ4v) is 3.28. The van der Waals surface area contributed by atoms with Crippen LogP contribution >= 0.6 is 0 Å². The lowest BCUT2D eigenvalue weighted by molar-refractivity contribution is 0.0946. The molecule has 3 heterocycles. The number of amides is 1. The standard InChI is InChI=1S/C21H20N4O2/c1-13(25-27-2)14-3-5-15(6-4-14)19-11-16(7-9-22-19)20-12-17-18(24-20)8-10-23-21(17)26/h3-7,9,11-12,24H,8,10H2,1-2H3,(H,23,26)/b25-13-. The Hall–Kier alpha value is -3.41. The molecule has 2 N–H and O–H groups in total. The van der Waals surface area contributed by atoms with Crippen molar-refractivity contribution in [2.24, 2.45) is 5.16 Å². The maximum absolute atomic E-state index is 12.0. The van der Waals surface area contributed by atoms with Crippen molar-refractivity contribution in [3.8, 4) is 22.5 Å². The van der Waals surface area contributed by atoms with Gasteiger partial charge in [-0.1, -0.05) is 29.4 Å². The number of hydrogen-bond acceptors (Lipinski definition) is 4. The van der Waals surface area contributed by atoms with Gasteiger partial charge in [-0.15, -0.1) is 0 Å². The van der Waals surface area contributed by atoms with Crippen LogP contribution < -0.4 is 5.32 Å². The molecule has 0 saturated heterocycles. The monoisotopic (exact) mass is 360 g/mol. The minimum Gasteiger partial charge on any atom is -0.399 e. The zero-order chi connectivity index (χ0) is 18.8. The van der Waals surface area contributed by atoms with Gasteiger partial charge in [0.1, 0.15) is 7.11 Å². The summed E-state index contributed by atoms with van der Waals surface area (Å²) in [6.45, 7) is 2.58. The Labute approximate surface area is 157 Å². The zero-order valence-electron chi connectivity index (χ0n) is 15.2. The number of fused-ring (bicyclic) bond motifs is 1. The lowest BCUT2D eigenvalue weighted by Gasteiger charge is -2.11. The Balaban J connectivity index is 1.65. The second kappa shape index (κ2) is 7.07. The minimum absolute atomic E-state index is 0.0169. The third kappa shape index (κ3) is 3.33. The van der Waals surface area contributed by atoms with E-state index < -0.39 is 0 Å². The largest absolute Gasteiger partial charge is 0.399 e. The molecule has 1 aliphatic rings. The van der Waals surface area contributed by atoms with Crippen LogP contribution in [0.1, 0.15) is 28.5 Å². The summed E-state index contributed by atoms with van der Waals surface area (Å²) in [5.41, 5.74) is 7.36. The van der Waals surface area contributed by atoms with E-state index in [0.717, 1.165) is 51.5 Å². The molecule has 0 bridgehead atoms. The van der Waals surface area contributed by atoms with Gasteiger partial charge >= 0.3 is 0 Å². The molecule has 0 spiro atoms. The molecule has 1 amide bonds. The summed E-state index contributed by atoms with van der Waals surface area (Å²) in [5.74, 6) is -0.0169. The van der Waals surface area contributed by atoms with Crippen LogP contribution in [-0.4, -0.2) is 35.2 Å². The molecule has 0 fully saturated rings. The summed E-state index contributed by atoms with van der Waals surface area (Å²) < 4.78 is 0. The second-order valence-electron chi connectivity index (χ2n) is 6.45. The molecule has 3 aromatic rings. The number of nitrogens with zero attached hydrogens (tertiary/aromatic N) is 2. The van der Waals surface area contributed by atoms with Crippen molar-refractivity contribution < 1.29 is 9.63 Å². The molecule has 6 heteroatoms. The SMILES string of the molecule is CO/N=C(/C)c1ccc(-c2cc(-c3cc4c([nH]3)CCNC4=O)ccn2)cc1. The fourth-order valence-electron chi connectivity index (χ4n) is 3.28. The first-order valence-electron chi connectivity index (χ1n) is 8.81. The second-order valence-corrected chi connectivity index (χ2v) is 6.45. The van der Waals surface area contributed by atoms with Gasteiger partial charge in [0.15, 0.2) is 0 Å². The lowest BCUT2D eigenvalue weighted by Crippen LogP contribution is -2.31. The number of oxime groups is 1. The van der Waals surface area contributed by atoms with Crippen molar-refractivity contribution in [2.75, 3.05) is 13.7 Å². The van der Waals surface area contributed by atoms with Crippen molar-refractivity contribution >= 4 is 11.6 Å². The van der Waals surface area contributed by atoms with Gasteiger partial charge < -0.3 is 15.1 Å². The number of rotatable bonds is 4. The molecule has 6 nitrogen and oxygen atoms in total. The number of H-pyrrole nitrogens is 1. The van der Waals surface area contributed by atoms with Gasteiger partial charge in [0.2, 0.25) is 0 Å². The smallest absolute Gasteiger partial charge is 0.253 e. The van der Waals surface area contributed by atoms with Gasteiger partial charge in [0, 0.05) is 41.7 Å². The molecule has 2 aromatic heterocycles. The van der Waals surface area contributed by atoms with Gasteiger partial charge in [-0.25, -0.2) is 0 Å². The Morgan fingerprint density at radius 2 is 1.96 bits per heavy atom. The van der Waals surface area contributed by atoms with E-state index in [-0.39, 0.29) is 5.91 Å². The first-order valence-corrected chi connectivity index (χ1v) is 8.81. The molecular formula is C21H20N4O2. The first-order chi connectivity index (χ1) is 13.2. The highest BCUT2D eigenvalue weighted by molar-refractivity contribution is 5.99. The van der Waals surface area contributed by atoms with Crippen LogP contribution in [0.15, 0.2) is 53.8 Å². The van der Waals surface area contributed by atoms with Crippen LogP contribution in [0.3, 0.4) is 0 Å². The molecule has 0 aliphatic carbocycles. The lowest BCUT2D eigenvalue weighted by atomic mass is 10.0. The Morgan fingerprint density at radius 3 is 2.70 bits per heavy atom. The zero-order valence-corrected chi connectivity index (χ0v) is 15.2. The Bertz CT molecular complexity index is 1020. The van der Waals surface area contributed by atoms with Crippen molar-refractivity contribution in [3.05, 3.63) is 65.5 Å². The van der Waals surface area contributed by atoms with E-state index in [1.807, 2.05) is 49.4 Å². The Morgan fingerprint density at radius 1 is 1.15 bits per heavy atom. The van der Waals surface area contributed by atoms with E-state index >= 15 is 0 Å². The maximum atomic E-state index is 12.0. The highest BCUT2D eigenvalue weighted by Crippen LogP contribution is 2.27. The molecule has 1 aromatic carbocycles. The van der Waals surface area contributed by atoms with Gasteiger partial charge in [-0.3, -0.25) is 9.78 Å². The molecule has 0 unspecified atom stereocenters. The van der Waals surface area contributed by atoms with Crippen molar-refractivity contribution in [2.45, 2.75) is 13.3 Å². The normalized spacial score (nSPS) is 13.9. The average Bonchev–Trinajstić information content (AvgIpc) is 3.14. The number of carbonyl (C=O) groups is 1. The number of nitrogens with one attached hydrogen (secondary N) is 2. The topological polar surface area (TPSA) is 79.4 Å². The highest BCUT2D eigenvalue weighted by Gasteiger charge is 2.20. The summed E-state index contributed by atoms with van der Waals surface area (Å²) in [6, 6.07) is 13.9.